The van der Waals surface area contributed by atoms with Crippen LogP contribution in [0.5, 0.6) is 5.75 Å². The highest BCUT2D eigenvalue weighted by atomic mass is 35.5. The SMILES string of the molecule is CCCCn1c(=N)n(CCCOc2ccc(Cl)cc2Cl)c2ccccc21. The van der Waals surface area contributed by atoms with E-state index in [0.717, 1.165) is 43.4 Å². The standard InChI is InChI=1S/C20H23Cl2N3O/c1-2-3-11-24-17-7-4-5-8-18(17)25(20(24)23)12-6-13-26-19-10-9-15(21)14-16(19)22/h4-5,7-10,14,23H,2-3,6,11-13H2,1H3. The van der Waals surface area contributed by atoms with Gasteiger partial charge >= 0.3 is 0 Å². The Labute approximate surface area is 163 Å². The summed E-state index contributed by atoms with van der Waals surface area (Å²) in [6, 6.07) is 13.4. The molecule has 0 fully saturated rings. The largest absolute Gasteiger partial charge is 0.492 e. The zero-order valence-electron chi connectivity index (χ0n) is 14.8. The Morgan fingerprint density at radius 3 is 2.23 bits per heavy atom. The molecule has 6 heteroatoms. The van der Waals surface area contributed by atoms with Crippen molar-refractivity contribution < 1.29 is 4.74 Å². The van der Waals surface area contributed by atoms with E-state index in [1.54, 1.807) is 18.2 Å². The minimum atomic E-state index is 0.516. The van der Waals surface area contributed by atoms with Gasteiger partial charge in [-0.05, 0) is 43.2 Å². The average molecular weight is 392 g/mol. The molecule has 0 aliphatic rings. The van der Waals surface area contributed by atoms with Gasteiger partial charge < -0.3 is 13.9 Å². The second-order valence-electron chi connectivity index (χ2n) is 6.25. The van der Waals surface area contributed by atoms with Crippen LogP contribution in [0.1, 0.15) is 26.2 Å². The highest BCUT2D eigenvalue weighted by Crippen LogP contribution is 2.27. The van der Waals surface area contributed by atoms with E-state index in [2.05, 4.69) is 28.2 Å². The van der Waals surface area contributed by atoms with Crippen LogP contribution in [0, 0.1) is 5.41 Å². The van der Waals surface area contributed by atoms with Gasteiger partial charge in [-0.15, -0.1) is 0 Å². The number of aromatic nitrogens is 2. The van der Waals surface area contributed by atoms with E-state index in [1.807, 2.05) is 12.1 Å². The Morgan fingerprint density at radius 2 is 1.62 bits per heavy atom. The van der Waals surface area contributed by atoms with Crippen LogP contribution in [-0.4, -0.2) is 15.7 Å². The van der Waals surface area contributed by atoms with Gasteiger partial charge in [-0.1, -0.05) is 48.7 Å². The first-order valence-electron chi connectivity index (χ1n) is 8.92. The van der Waals surface area contributed by atoms with Crippen LogP contribution >= 0.6 is 23.2 Å². The van der Waals surface area contributed by atoms with Crippen molar-refractivity contribution in [3.63, 3.8) is 0 Å². The molecular weight excluding hydrogens is 369 g/mol. The predicted molar refractivity (Wildman–Crippen MR) is 107 cm³/mol. The van der Waals surface area contributed by atoms with Crippen molar-refractivity contribution in [3.05, 3.63) is 58.1 Å². The van der Waals surface area contributed by atoms with Gasteiger partial charge in [-0.2, -0.15) is 0 Å². The maximum absolute atomic E-state index is 8.56. The summed E-state index contributed by atoms with van der Waals surface area (Å²) in [5.74, 6) is 0.637. The fraction of sp³-hybridized carbons (Fsp3) is 0.350. The molecule has 2 aromatic carbocycles. The second-order valence-corrected chi connectivity index (χ2v) is 7.09. The lowest BCUT2D eigenvalue weighted by Gasteiger charge is -2.09. The summed E-state index contributed by atoms with van der Waals surface area (Å²) in [6.45, 7) is 4.30. The molecule has 0 bridgehead atoms. The van der Waals surface area contributed by atoms with Gasteiger partial charge in [0.2, 0.25) is 5.62 Å². The van der Waals surface area contributed by atoms with Crippen molar-refractivity contribution in [1.82, 2.24) is 9.13 Å². The lowest BCUT2D eigenvalue weighted by molar-refractivity contribution is 0.301. The number of hydrogen-bond acceptors (Lipinski definition) is 2. The summed E-state index contributed by atoms with van der Waals surface area (Å²) in [6.07, 6.45) is 2.97. The number of unbranched alkanes of at least 4 members (excludes halogenated alkanes) is 1. The molecule has 3 rings (SSSR count). The van der Waals surface area contributed by atoms with Gasteiger partial charge in [-0.25, -0.2) is 0 Å². The minimum absolute atomic E-state index is 0.516. The van der Waals surface area contributed by atoms with E-state index in [9.17, 15) is 0 Å². The number of para-hydroxylation sites is 2. The van der Waals surface area contributed by atoms with Crippen LogP contribution < -0.4 is 10.4 Å². The van der Waals surface area contributed by atoms with Crippen molar-refractivity contribution in [2.45, 2.75) is 39.3 Å². The zero-order chi connectivity index (χ0) is 18.5. The third-order valence-corrected chi connectivity index (χ3v) is 4.92. The summed E-state index contributed by atoms with van der Waals surface area (Å²) in [4.78, 5) is 0. The molecular formula is C20H23Cl2N3O. The normalized spacial score (nSPS) is 11.2. The van der Waals surface area contributed by atoms with Crippen LogP contribution in [-0.2, 0) is 13.1 Å². The zero-order valence-corrected chi connectivity index (χ0v) is 16.4. The van der Waals surface area contributed by atoms with Gasteiger partial charge in [0.05, 0.1) is 22.7 Å². The van der Waals surface area contributed by atoms with Gasteiger partial charge in [0.25, 0.3) is 0 Å². The molecule has 1 heterocycles. The van der Waals surface area contributed by atoms with E-state index >= 15 is 0 Å². The Balaban J connectivity index is 1.71. The first-order chi connectivity index (χ1) is 12.6. The van der Waals surface area contributed by atoms with Gasteiger partial charge in [0, 0.05) is 18.1 Å². The number of ether oxygens (including phenoxy) is 1. The number of aryl methyl sites for hydroxylation is 2. The van der Waals surface area contributed by atoms with E-state index < -0.39 is 0 Å². The van der Waals surface area contributed by atoms with Crippen LogP contribution in [0.2, 0.25) is 10.0 Å². The molecule has 26 heavy (non-hydrogen) atoms. The molecule has 0 aliphatic carbocycles. The van der Waals surface area contributed by atoms with E-state index in [0.29, 0.717) is 28.0 Å². The van der Waals surface area contributed by atoms with Crippen LogP contribution in [0.15, 0.2) is 42.5 Å². The van der Waals surface area contributed by atoms with E-state index in [1.165, 1.54) is 0 Å². The molecule has 0 unspecified atom stereocenters. The predicted octanol–water partition coefficient (Wildman–Crippen LogP) is 5.50. The van der Waals surface area contributed by atoms with Crippen molar-refractivity contribution >= 4 is 34.2 Å². The number of rotatable bonds is 8. The molecule has 1 aromatic heterocycles. The minimum Gasteiger partial charge on any atom is -0.492 e. The quantitative estimate of drug-likeness (QED) is 0.506. The number of fused-ring (bicyclic) bond motifs is 1. The Morgan fingerprint density at radius 1 is 0.962 bits per heavy atom. The smallest absolute Gasteiger partial charge is 0.202 e. The molecule has 0 amide bonds. The average Bonchev–Trinajstić information content (AvgIpc) is 2.90. The highest BCUT2D eigenvalue weighted by Gasteiger charge is 2.10. The fourth-order valence-electron chi connectivity index (χ4n) is 3.06. The number of nitrogens with zero attached hydrogens (tertiary/aromatic N) is 2. The Bertz CT molecular complexity index is 946. The topological polar surface area (TPSA) is 42.9 Å². The molecule has 0 atom stereocenters. The summed E-state index contributed by atoms with van der Waals surface area (Å²) < 4.78 is 9.91. The van der Waals surface area contributed by atoms with Crippen LogP contribution in [0.4, 0.5) is 0 Å². The Hall–Kier alpha value is -1.91. The van der Waals surface area contributed by atoms with Gasteiger partial charge in [0.1, 0.15) is 5.75 Å². The summed E-state index contributed by atoms with van der Waals surface area (Å²) >= 11 is 12.0. The lowest BCUT2D eigenvalue weighted by atomic mass is 10.3. The molecule has 0 spiro atoms. The summed E-state index contributed by atoms with van der Waals surface area (Å²) in [7, 11) is 0. The van der Waals surface area contributed by atoms with Crippen molar-refractivity contribution in [2.75, 3.05) is 6.61 Å². The first-order valence-corrected chi connectivity index (χ1v) is 9.68. The number of halogens is 2. The number of nitrogens with one attached hydrogen (secondary N) is 1. The summed E-state index contributed by atoms with van der Waals surface area (Å²) in [5.41, 5.74) is 2.76. The maximum atomic E-state index is 8.56. The fourth-order valence-corrected chi connectivity index (χ4v) is 3.52. The van der Waals surface area contributed by atoms with Crippen LogP contribution in [0.3, 0.4) is 0 Å². The van der Waals surface area contributed by atoms with Crippen molar-refractivity contribution in [2.24, 2.45) is 0 Å². The molecule has 3 aromatic rings. The van der Waals surface area contributed by atoms with Gasteiger partial charge in [-0.3, -0.25) is 5.41 Å². The Kier molecular flexibility index (Phi) is 6.28. The molecule has 1 N–H and O–H groups in total. The lowest BCUT2D eigenvalue weighted by Crippen LogP contribution is -2.25. The molecule has 4 nitrogen and oxygen atoms in total. The monoisotopic (exact) mass is 391 g/mol. The third-order valence-electron chi connectivity index (χ3n) is 4.39. The molecule has 0 radical (unpaired) electrons. The molecule has 0 aliphatic heterocycles. The maximum Gasteiger partial charge on any atom is 0.202 e. The molecule has 0 saturated heterocycles. The van der Waals surface area contributed by atoms with E-state index in [4.69, 9.17) is 33.3 Å². The molecule has 138 valence electrons. The number of benzene rings is 2. The third kappa shape index (κ3) is 4.08. The number of hydrogen-bond donors (Lipinski definition) is 1. The van der Waals surface area contributed by atoms with Gasteiger partial charge in [0.15, 0.2) is 0 Å². The van der Waals surface area contributed by atoms with E-state index in [-0.39, 0.29) is 0 Å². The molecule has 0 saturated carbocycles. The second kappa shape index (κ2) is 8.65. The highest BCUT2D eigenvalue weighted by molar-refractivity contribution is 6.35. The first kappa shape index (κ1) is 18.9. The number of imidazole rings is 1. The van der Waals surface area contributed by atoms with Crippen molar-refractivity contribution in [3.8, 4) is 5.75 Å². The van der Waals surface area contributed by atoms with Crippen LogP contribution in [0.25, 0.3) is 11.0 Å². The van der Waals surface area contributed by atoms with Crippen molar-refractivity contribution in [1.29, 1.82) is 5.41 Å². The summed E-state index contributed by atoms with van der Waals surface area (Å²) in [5, 5.41) is 9.67.